The molecule has 90 valence electrons. The summed E-state index contributed by atoms with van der Waals surface area (Å²) in [6, 6.07) is 6.70. The molecule has 0 saturated heterocycles. The number of hydrogen-bond donors (Lipinski definition) is 0. The molecule has 16 heavy (non-hydrogen) atoms. The van der Waals surface area contributed by atoms with E-state index in [0.717, 1.165) is 17.8 Å². The second kappa shape index (κ2) is 6.29. The molecule has 0 aliphatic carbocycles. The van der Waals surface area contributed by atoms with Crippen molar-refractivity contribution in [2.45, 2.75) is 32.5 Å². The molecule has 0 saturated carbocycles. The van der Waals surface area contributed by atoms with Crippen molar-refractivity contribution in [3.63, 3.8) is 0 Å². The van der Waals surface area contributed by atoms with Crippen LogP contribution in [0, 0.1) is 12.8 Å². The van der Waals surface area contributed by atoms with Crippen LogP contribution in [-0.4, -0.2) is 13.6 Å². The summed E-state index contributed by atoms with van der Waals surface area (Å²) >= 11 is 3.51. The number of alkyl halides is 1. The fourth-order valence-electron chi connectivity index (χ4n) is 1.65. The van der Waals surface area contributed by atoms with E-state index in [-0.39, 0.29) is 0 Å². The van der Waals surface area contributed by atoms with E-state index in [9.17, 15) is 0 Å². The largest absolute Gasteiger partial charge is 0.375 e. The first kappa shape index (κ1) is 13.6. The number of hydrogen-bond acceptors (Lipinski definition) is 1. The van der Waals surface area contributed by atoms with Crippen LogP contribution in [0.4, 0.5) is 5.69 Å². The molecule has 1 nitrogen and oxygen atoms in total. The van der Waals surface area contributed by atoms with Crippen LogP contribution in [0.1, 0.15) is 31.4 Å². The third-order valence-corrected chi connectivity index (χ3v) is 3.56. The van der Waals surface area contributed by atoms with Gasteiger partial charge in [0.05, 0.1) is 0 Å². The van der Waals surface area contributed by atoms with E-state index in [4.69, 9.17) is 0 Å². The van der Waals surface area contributed by atoms with Crippen molar-refractivity contribution in [1.82, 2.24) is 0 Å². The summed E-state index contributed by atoms with van der Waals surface area (Å²) in [5.41, 5.74) is 4.06. The highest BCUT2D eigenvalue weighted by Gasteiger charge is 2.04. The van der Waals surface area contributed by atoms with Gasteiger partial charge >= 0.3 is 0 Å². The van der Waals surface area contributed by atoms with E-state index in [2.05, 4.69) is 66.8 Å². The Hall–Kier alpha value is -0.500. The average molecular weight is 284 g/mol. The minimum atomic E-state index is 0.769. The SMILES string of the molecule is Cc1cc(N(C)CCC(C)C)ccc1CBr. The monoisotopic (exact) mass is 283 g/mol. The Kier molecular flexibility index (Phi) is 5.33. The second-order valence-corrected chi connectivity index (χ2v) is 5.41. The van der Waals surface area contributed by atoms with Crippen LogP contribution >= 0.6 is 15.9 Å². The maximum atomic E-state index is 3.51. The number of nitrogens with zero attached hydrogens (tertiary/aromatic N) is 1. The number of halogens is 1. The van der Waals surface area contributed by atoms with Crippen LogP contribution in [0.2, 0.25) is 0 Å². The molecule has 0 atom stereocenters. The van der Waals surface area contributed by atoms with Gasteiger partial charge in [-0.25, -0.2) is 0 Å². The molecular formula is C14H22BrN. The molecule has 0 N–H and O–H groups in total. The third kappa shape index (κ3) is 3.82. The average Bonchev–Trinajstić information content (AvgIpc) is 2.25. The zero-order valence-electron chi connectivity index (χ0n) is 10.8. The van der Waals surface area contributed by atoms with Crippen molar-refractivity contribution in [2.75, 3.05) is 18.5 Å². The van der Waals surface area contributed by atoms with Crippen LogP contribution < -0.4 is 4.90 Å². The summed E-state index contributed by atoms with van der Waals surface area (Å²) in [5.74, 6) is 0.769. The maximum Gasteiger partial charge on any atom is 0.0366 e. The lowest BCUT2D eigenvalue weighted by Gasteiger charge is -2.21. The predicted molar refractivity (Wildman–Crippen MR) is 76.5 cm³/mol. The van der Waals surface area contributed by atoms with Gasteiger partial charge in [-0.2, -0.15) is 0 Å². The van der Waals surface area contributed by atoms with Crippen LogP contribution in [0.3, 0.4) is 0 Å². The summed E-state index contributed by atoms with van der Waals surface area (Å²) in [5, 5.41) is 0.939. The molecular weight excluding hydrogens is 262 g/mol. The summed E-state index contributed by atoms with van der Waals surface area (Å²) in [6.07, 6.45) is 1.25. The summed E-state index contributed by atoms with van der Waals surface area (Å²) in [6.45, 7) is 7.85. The van der Waals surface area contributed by atoms with Gasteiger partial charge in [0.2, 0.25) is 0 Å². The topological polar surface area (TPSA) is 3.24 Å². The molecule has 0 bridgehead atoms. The Morgan fingerprint density at radius 2 is 2.00 bits per heavy atom. The van der Waals surface area contributed by atoms with Gasteiger partial charge in [-0.05, 0) is 42.5 Å². The standard InChI is InChI=1S/C14H22BrN/c1-11(2)7-8-16(4)14-6-5-13(10-15)12(3)9-14/h5-6,9,11H,7-8,10H2,1-4H3. The normalized spacial score (nSPS) is 10.9. The highest BCUT2D eigenvalue weighted by atomic mass is 79.9. The van der Waals surface area contributed by atoms with Gasteiger partial charge in [-0.15, -0.1) is 0 Å². The quantitative estimate of drug-likeness (QED) is 0.726. The number of rotatable bonds is 5. The van der Waals surface area contributed by atoms with E-state index >= 15 is 0 Å². The van der Waals surface area contributed by atoms with Crippen LogP contribution in [0.15, 0.2) is 18.2 Å². The molecule has 0 aliphatic heterocycles. The van der Waals surface area contributed by atoms with Gasteiger partial charge < -0.3 is 4.90 Å². The highest BCUT2D eigenvalue weighted by molar-refractivity contribution is 9.08. The molecule has 0 aliphatic rings. The Morgan fingerprint density at radius 1 is 1.31 bits per heavy atom. The van der Waals surface area contributed by atoms with Crippen LogP contribution in [0.25, 0.3) is 0 Å². The Labute approximate surface area is 108 Å². The first-order valence-electron chi connectivity index (χ1n) is 5.91. The van der Waals surface area contributed by atoms with Crippen molar-refractivity contribution in [3.05, 3.63) is 29.3 Å². The van der Waals surface area contributed by atoms with E-state index in [1.165, 1.54) is 23.2 Å². The molecule has 0 radical (unpaired) electrons. The zero-order chi connectivity index (χ0) is 12.1. The lowest BCUT2D eigenvalue weighted by atomic mass is 10.1. The molecule has 0 heterocycles. The van der Waals surface area contributed by atoms with E-state index in [0.29, 0.717) is 0 Å². The highest BCUT2D eigenvalue weighted by Crippen LogP contribution is 2.20. The first-order chi connectivity index (χ1) is 7.54. The smallest absolute Gasteiger partial charge is 0.0366 e. The molecule has 2 heteroatoms. The van der Waals surface area contributed by atoms with Gasteiger partial charge in [-0.3, -0.25) is 0 Å². The Balaban J connectivity index is 2.69. The van der Waals surface area contributed by atoms with Crippen molar-refractivity contribution in [3.8, 4) is 0 Å². The van der Waals surface area contributed by atoms with E-state index in [1.807, 2.05) is 0 Å². The third-order valence-electron chi connectivity index (χ3n) is 2.95. The Bertz CT molecular complexity index is 334. The molecule has 1 aromatic rings. The molecule has 0 fully saturated rings. The fourth-order valence-corrected chi connectivity index (χ4v) is 2.28. The van der Waals surface area contributed by atoms with Crippen molar-refractivity contribution < 1.29 is 0 Å². The van der Waals surface area contributed by atoms with Crippen LogP contribution in [-0.2, 0) is 5.33 Å². The minimum absolute atomic E-state index is 0.769. The van der Waals surface area contributed by atoms with Gasteiger partial charge in [-0.1, -0.05) is 35.8 Å². The molecule has 0 aromatic heterocycles. The fraction of sp³-hybridized carbons (Fsp3) is 0.571. The molecule has 0 spiro atoms. The lowest BCUT2D eigenvalue weighted by molar-refractivity contribution is 0.585. The van der Waals surface area contributed by atoms with Crippen molar-refractivity contribution >= 4 is 21.6 Å². The zero-order valence-corrected chi connectivity index (χ0v) is 12.3. The van der Waals surface area contributed by atoms with Gasteiger partial charge in [0.1, 0.15) is 0 Å². The van der Waals surface area contributed by atoms with Gasteiger partial charge in [0.15, 0.2) is 0 Å². The lowest BCUT2D eigenvalue weighted by Crippen LogP contribution is -2.19. The van der Waals surface area contributed by atoms with E-state index in [1.54, 1.807) is 0 Å². The predicted octanol–water partition coefficient (Wildman–Crippen LogP) is 4.37. The van der Waals surface area contributed by atoms with Crippen molar-refractivity contribution in [1.29, 1.82) is 0 Å². The number of anilines is 1. The Morgan fingerprint density at radius 3 is 2.50 bits per heavy atom. The van der Waals surface area contributed by atoms with Gasteiger partial charge in [0, 0.05) is 24.6 Å². The van der Waals surface area contributed by atoms with E-state index < -0.39 is 0 Å². The summed E-state index contributed by atoms with van der Waals surface area (Å²) in [7, 11) is 2.17. The summed E-state index contributed by atoms with van der Waals surface area (Å²) < 4.78 is 0. The van der Waals surface area contributed by atoms with Crippen LogP contribution in [0.5, 0.6) is 0 Å². The second-order valence-electron chi connectivity index (χ2n) is 4.85. The van der Waals surface area contributed by atoms with Gasteiger partial charge in [0.25, 0.3) is 0 Å². The number of benzene rings is 1. The first-order valence-corrected chi connectivity index (χ1v) is 7.03. The van der Waals surface area contributed by atoms with Crippen molar-refractivity contribution in [2.24, 2.45) is 5.92 Å². The molecule has 1 aromatic carbocycles. The molecule has 1 rings (SSSR count). The summed E-state index contributed by atoms with van der Waals surface area (Å²) in [4.78, 5) is 2.34. The maximum absolute atomic E-state index is 3.51. The molecule has 0 amide bonds. The molecule has 0 unspecified atom stereocenters. The minimum Gasteiger partial charge on any atom is -0.375 e. The number of aryl methyl sites for hydroxylation is 1.